The molecule has 0 radical (unpaired) electrons. The summed E-state index contributed by atoms with van der Waals surface area (Å²) in [6, 6.07) is 16.4. The number of methoxy groups -OCH3 is 1. The van der Waals surface area contributed by atoms with E-state index in [1.807, 2.05) is 18.2 Å². The number of fused-ring (bicyclic) bond motifs is 2. The standard InChI is InChI=1S/C56H69F3N10O8/c1-32-26-67(41(24-61-32)28-66-19-20-77-30-33(66)2)29-48(71)69-31-56(5,43-18-13-37(22-46(43)69)21-36-11-15-39(57)16-12-36)55(75)62-25-47(70)63-40-17-14-38-27-68(54(74)49(35(4)76-7)64-52(72)34(3)60-6)51(42(38)23-40)53(73)65-50-44(58)9-8-10-45(50)59/h8-18,22-23,32-35,41,49,51,60-61H,19-21,24-31H2,1-7H3,(H,62,75)(H,63,70)(H,64,72)(H,65,73)/t32-,33-,34+,35-,41-,49+,51+,56-/m1/s1. The number of benzene rings is 4. The van der Waals surface area contributed by atoms with Gasteiger partial charge in [-0.2, -0.15) is 0 Å². The molecule has 77 heavy (non-hydrogen) atoms. The van der Waals surface area contributed by atoms with Gasteiger partial charge in [0.05, 0.1) is 43.9 Å². The molecule has 21 heteroatoms. The Labute approximate surface area is 446 Å². The minimum atomic E-state index is -1.50. The third-order valence-corrected chi connectivity index (χ3v) is 15.3. The zero-order valence-corrected chi connectivity index (χ0v) is 44.5. The SMILES string of the molecule is CN[C@@H](C)C(=O)N[C@H](C(=O)N1Cc2ccc(NC(=O)CNC(=O)[C@]3(C)CN(C(=O)CN4C[C@@H](C)NC[C@@H]4CN4CCOC[C@H]4C)c4cc(Cc5ccc(F)cc5)ccc43)cc2[C@H]1C(=O)Nc1c(F)cccc1F)[C@@H](C)OC. The topological polar surface area (TPSA) is 206 Å². The first kappa shape index (κ1) is 56.5. The van der Waals surface area contributed by atoms with Crippen molar-refractivity contribution in [3.8, 4) is 0 Å². The molecule has 0 saturated carbocycles. The van der Waals surface area contributed by atoms with Gasteiger partial charge in [-0.25, -0.2) is 13.2 Å². The predicted octanol–water partition coefficient (Wildman–Crippen LogP) is 3.59. The molecule has 0 spiro atoms. The highest BCUT2D eigenvalue weighted by Gasteiger charge is 2.48. The Bertz CT molecular complexity index is 2840. The number of nitrogens with one attached hydrogen (secondary N) is 6. The molecule has 4 aromatic carbocycles. The molecule has 4 heterocycles. The van der Waals surface area contributed by atoms with Crippen LogP contribution in [0.15, 0.2) is 78.9 Å². The number of likely N-dealkylation sites (N-methyl/N-ethyl adjacent to an activating group) is 1. The number of amides is 6. The van der Waals surface area contributed by atoms with E-state index in [0.29, 0.717) is 49.5 Å². The van der Waals surface area contributed by atoms with E-state index in [1.54, 1.807) is 57.0 Å². The van der Waals surface area contributed by atoms with E-state index in [4.69, 9.17) is 9.47 Å². The van der Waals surface area contributed by atoms with Gasteiger partial charge in [-0.3, -0.25) is 38.6 Å². The van der Waals surface area contributed by atoms with Crippen LogP contribution in [-0.4, -0.2) is 160 Å². The molecule has 2 fully saturated rings. The van der Waals surface area contributed by atoms with Crippen LogP contribution in [0.1, 0.15) is 68.5 Å². The fourth-order valence-electron chi connectivity index (χ4n) is 10.6. The average Bonchev–Trinajstić information content (AvgIpc) is 3.95. The van der Waals surface area contributed by atoms with Gasteiger partial charge in [0.2, 0.25) is 29.5 Å². The predicted molar refractivity (Wildman–Crippen MR) is 283 cm³/mol. The molecule has 0 aromatic heterocycles. The van der Waals surface area contributed by atoms with E-state index in [0.717, 1.165) is 42.4 Å². The van der Waals surface area contributed by atoms with Crippen LogP contribution in [0, 0.1) is 17.5 Å². The third-order valence-electron chi connectivity index (χ3n) is 15.3. The van der Waals surface area contributed by atoms with E-state index in [-0.39, 0.29) is 60.7 Å². The summed E-state index contributed by atoms with van der Waals surface area (Å²) in [5.74, 6) is -6.02. The number of hydrogen-bond acceptors (Lipinski definition) is 12. The number of carbonyl (C=O) groups is 6. The van der Waals surface area contributed by atoms with E-state index in [1.165, 1.54) is 30.2 Å². The Kier molecular flexibility index (Phi) is 17.8. The molecule has 0 aliphatic carbocycles. The third kappa shape index (κ3) is 12.7. The molecule has 4 aliphatic rings. The molecule has 6 amide bonds. The monoisotopic (exact) mass is 1070 g/mol. The minimum Gasteiger partial charge on any atom is -0.379 e. The van der Waals surface area contributed by atoms with Gasteiger partial charge < -0.3 is 51.2 Å². The Morgan fingerprint density at radius 3 is 2.34 bits per heavy atom. The zero-order chi connectivity index (χ0) is 55.3. The molecule has 4 aliphatic heterocycles. The highest BCUT2D eigenvalue weighted by atomic mass is 19.1. The molecule has 8 atom stereocenters. The molecule has 4 aromatic rings. The van der Waals surface area contributed by atoms with Gasteiger partial charge in [-0.1, -0.05) is 36.4 Å². The number of carbonyl (C=O) groups excluding carboxylic acids is 6. The molecule has 2 saturated heterocycles. The summed E-state index contributed by atoms with van der Waals surface area (Å²) in [4.78, 5) is 92.3. The lowest BCUT2D eigenvalue weighted by Gasteiger charge is -2.43. The number of rotatable bonds is 18. The van der Waals surface area contributed by atoms with Gasteiger partial charge in [-0.15, -0.1) is 0 Å². The lowest BCUT2D eigenvalue weighted by molar-refractivity contribution is -0.145. The first-order valence-electron chi connectivity index (χ1n) is 26.0. The van der Waals surface area contributed by atoms with Crippen molar-refractivity contribution in [1.29, 1.82) is 0 Å². The van der Waals surface area contributed by atoms with E-state index in [9.17, 15) is 41.9 Å². The highest BCUT2D eigenvalue weighted by molar-refractivity contribution is 6.05. The second-order valence-electron chi connectivity index (χ2n) is 20.8. The van der Waals surface area contributed by atoms with Crippen molar-refractivity contribution >= 4 is 52.5 Å². The second-order valence-corrected chi connectivity index (χ2v) is 20.8. The number of hydrogen-bond donors (Lipinski definition) is 6. The molecule has 0 bridgehead atoms. The first-order valence-corrected chi connectivity index (χ1v) is 26.0. The summed E-state index contributed by atoms with van der Waals surface area (Å²) in [6.07, 6.45) is -0.433. The largest absolute Gasteiger partial charge is 0.379 e. The number of anilines is 3. The van der Waals surface area contributed by atoms with Crippen molar-refractivity contribution in [3.63, 3.8) is 0 Å². The normalized spacial score (nSPS) is 22.6. The van der Waals surface area contributed by atoms with Gasteiger partial charge in [0.25, 0.3) is 5.91 Å². The van der Waals surface area contributed by atoms with Crippen molar-refractivity contribution in [1.82, 2.24) is 36.0 Å². The maximum atomic E-state index is 14.9. The second kappa shape index (κ2) is 24.3. The lowest BCUT2D eigenvalue weighted by atomic mass is 9.83. The van der Waals surface area contributed by atoms with Crippen LogP contribution in [0.25, 0.3) is 0 Å². The molecule has 0 unspecified atom stereocenters. The van der Waals surface area contributed by atoms with Crippen molar-refractivity contribution in [2.24, 2.45) is 0 Å². The van der Waals surface area contributed by atoms with Gasteiger partial charge in [0.1, 0.15) is 35.2 Å². The fourth-order valence-corrected chi connectivity index (χ4v) is 10.6. The van der Waals surface area contributed by atoms with Gasteiger partial charge >= 0.3 is 0 Å². The van der Waals surface area contributed by atoms with E-state index in [2.05, 4.69) is 55.5 Å². The Morgan fingerprint density at radius 2 is 1.64 bits per heavy atom. The molecule has 8 rings (SSSR count). The minimum absolute atomic E-state index is 0.0100. The van der Waals surface area contributed by atoms with Crippen LogP contribution in [0.5, 0.6) is 0 Å². The summed E-state index contributed by atoms with van der Waals surface area (Å²) in [5.41, 5.74) is 1.71. The fraction of sp³-hybridized carbons (Fsp3) is 0.464. The van der Waals surface area contributed by atoms with Crippen LogP contribution < -0.4 is 36.8 Å². The van der Waals surface area contributed by atoms with Crippen LogP contribution in [0.4, 0.5) is 30.2 Å². The summed E-state index contributed by atoms with van der Waals surface area (Å²) >= 11 is 0. The van der Waals surface area contributed by atoms with Gasteiger partial charge in [0.15, 0.2) is 0 Å². The Morgan fingerprint density at radius 1 is 0.909 bits per heavy atom. The Hall–Kier alpha value is -6.75. The summed E-state index contributed by atoms with van der Waals surface area (Å²) in [7, 11) is 2.93. The van der Waals surface area contributed by atoms with Crippen molar-refractivity contribution < 1.29 is 51.4 Å². The first-order chi connectivity index (χ1) is 36.8. The maximum Gasteiger partial charge on any atom is 0.252 e. The molecular formula is C56H69F3N10O8. The van der Waals surface area contributed by atoms with Crippen LogP contribution in [-0.2, 0) is 56.6 Å². The van der Waals surface area contributed by atoms with Crippen molar-refractivity contribution in [3.05, 3.63) is 124 Å². The summed E-state index contributed by atoms with van der Waals surface area (Å²) < 4.78 is 54.9. The number of morpholine rings is 1. The van der Waals surface area contributed by atoms with Crippen LogP contribution in [0.3, 0.4) is 0 Å². The van der Waals surface area contributed by atoms with Gasteiger partial charge in [-0.05, 0) is 118 Å². The number of ether oxygens (including phenoxy) is 2. The van der Waals surface area contributed by atoms with Crippen molar-refractivity contribution in [2.45, 2.75) is 95.4 Å². The maximum absolute atomic E-state index is 14.9. The zero-order valence-electron chi connectivity index (χ0n) is 44.5. The molecule has 18 nitrogen and oxygen atoms in total. The highest BCUT2D eigenvalue weighted by Crippen LogP contribution is 2.43. The molecule has 6 N–H and O–H groups in total. The van der Waals surface area contributed by atoms with Crippen LogP contribution in [0.2, 0.25) is 0 Å². The average molecular weight is 1070 g/mol. The number of para-hydroxylation sites is 1. The summed E-state index contributed by atoms with van der Waals surface area (Å²) in [5, 5.41) is 16.9. The molecule has 412 valence electrons. The quantitative estimate of drug-likeness (QED) is 0.0847. The van der Waals surface area contributed by atoms with Crippen molar-refractivity contribution in [2.75, 3.05) is 88.7 Å². The Balaban J connectivity index is 1.01. The van der Waals surface area contributed by atoms with E-state index >= 15 is 0 Å². The number of piperazine rings is 1. The van der Waals surface area contributed by atoms with E-state index < -0.39 is 83.0 Å². The number of halogens is 3. The molecular weight excluding hydrogens is 998 g/mol. The van der Waals surface area contributed by atoms with Gasteiger partial charge in [0, 0.05) is 75.9 Å². The summed E-state index contributed by atoms with van der Waals surface area (Å²) in [6.45, 7) is 12.7. The smallest absolute Gasteiger partial charge is 0.252 e. The number of nitrogens with zero attached hydrogens (tertiary/aromatic N) is 4. The lowest BCUT2D eigenvalue weighted by Crippen LogP contribution is -2.62. The van der Waals surface area contributed by atoms with Crippen LogP contribution >= 0.6 is 0 Å².